The lowest BCUT2D eigenvalue weighted by molar-refractivity contribution is 0.597. The molecule has 2 rings (SSSR count). The van der Waals surface area contributed by atoms with Crippen molar-refractivity contribution in [3.63, 3.8) is 0 Å². The first-order chi connectivity index (χ1) is 3.97. The van der Waals surface area contributed by atoms with E-state index < -0.39 is 0 Å². The lowest BCUT2D eigenvalue weighted by atomic mass is 10.1. The van der Waals surface area contributed by atoms with Gasteiger partial charge in [-0.2, -0.15) is 0 Å². The number of fused-ring (bicyclic) bond motifs is 1. The average molecular weight is 110 g/mol. The molecule has 2 heterocycles. The van der Waals surface area contributed by atoms with Gasteiger partial charge in [-0.25, -0.2) is 0 Å². The second-order valence-electron chi connectivity index (χ2n) is 2.48. The number of aliphatic imine (C=N–C) groups is 1. The standard InChI is InChI=1S/C6H10N2/c1-3-7-6-2-4-8-5(1)6/h3,5-6,8H,1-2,4H2. The summed E-state index contributed by atoms with van der Waals surface area (Å²) in [6.45, 7) is 1.17. The second kappa shape index (κ2) is 1.55. The van der Waals surface area contributed by atoms with E-state index in [-0.39, 0.29) is 0 Å². The lowest BCUT2D eigenvalue weighted by Gasteiger charge is -2.03. The molecule has 0 aromatic heterocycles. The van der Waals surface area contributed by atoms with Crippen LogP contribution in [0.1, 0.15) is 12.8 Å². The molecule has 44 valence electrons. The summed E-state index contributed by atoms with van der Waals surface area (Å²) in [5.74, 6) is 0. The quantitative estimate of drug-likeness (QED) is 0.473. The average Bonchev–Trinajstić information content (AvgIpc) is 2.15. The molecular formula is C6H10N2. The Bertz CT molecular complexity index is 120. The summed E-state index contributed by atoms with van der Waals surface area (Å²) >= 11 is 0. The number of hydrogen-bond acceptors (Lipinski definition) is 2. The van der Waals surface area contributed by atoms with E-state index in [1.165, 1.54) is 13.0 Å². The number of nitrogens with zero attached hydrogens (tertiary/aromatic N) is 1. The number of hydrogen-bond donors (Lipinski definition) is 1. The fourth-order valence-electron chi connectivity index (χ4n) is 1.48. The van der Waals surface area contributed by atoms with Gasteiger partial charge >= 0.3 is 0 Å². The maximum absolute atomic E-state index is 4.31. The second-order valence-corrected chi connectivity index (χ2v) is 2.48. The topological polar surface area (TPSA) is 24.4 Å². The van der Waals surface area contributed by atoms with E-state index in [0.29, 0.717) is 12.1 Å². The fourth-order valence-corrected chi connectivity index (χ4v) is 1.48. The molecule has 2 atom stereocenters. The van der Waals surface area contributed by atoms with E-state index in [4.69, 9.17) is 0 Å². The van der Waals surface area contributed by atoms with Crippen molar-refractivity contribution >= 4 is 6.21 Å². The smallest absolute Gasteiger partial charge is 0.0664 e. The molecule has 2 nitrogen and oxygen atoms in total. The molecule has 2 aliphatic heterocycles. The summed E-state index contributed by atoms with van der Waals surface area (Å²) < 4.78 is 0. The zero-order valence-electron chi connectivity index (χ0n) is 4.80. The molecule has 0 aromatic rings. The maximum atomic E-state index is 4.31. The van der Waals surface area contributed by atoms with Crippen molar-refractivity contribution in [2.75, 3.05) is 6.54 Å². The van der Waals surface area contributed by atoms with Crippen molar-refractivity contribution in [1.82, 2.24) is 5.32 Å². The molecule has 0 aromatic carbocycles. The molecule has 0 saturated carbocycles. The molecule has 0 spiro atoms. The predicted molar refractivity (Wildman–Crippen MR) is 33.3 cm³/mol. The Balaban J connectivity index is 2.13. The van der Waals surface area contributed by atoms with Crippen LogP contribution in [0.25, 0.3) is 0 Å². The third kappa shape index (κ3) is 0.494. The van der Waals surface area contributed by atoms with Crippen LogP contribution in [0.15, 0.2) is 4.99 Å². The van der Waals surface area contributed by atoms with Crippen LogP contribution in [0.3, 0.4) is 0 Å². The Labute approximate surface area is 49.0 Å². The van der Waals surface area contributed by atoms with Crippen molar-refractivity contribution in [2.45, 2.75) is 24.9 Å². The highest BCUT2D eigenvalue weighted by Crippen LogP contribution is 2.17. The normalized spacial score (nSPS) is 43.0. The third-order valence-corrected chi connectivity index (χ3v) is 1.97. The van der Waals surface area contributed by atoms with E-state index in [1.54, 1.807) is 0 Å². The summed E-state index contributed by atoms with van der Waals surface area (Å²) in [5, 5.41) is 3.39. The first-order valence-electron chi connectivity index (χ1n) is 3.22. The number of rotatable bonds is 0. The Morgan fingerprint density at radius 1 is 1.62 bits per heavy atom. The highest BCUT2D eigenvalue weighted by molar-refractivity contribution is 5.61. The van der Waals surface area contributed by atoms with Gasteiger partial charge in [0.1, 0.15) is 0 Å². The summed E-state index contributed by atoms with van der Waals surface area (Å²) in [4.78, 5) is 4.31. The van der Waals surface area contributed by atoms with Gasteiger partial charge in [0, 0.05) is 12.3 Å². The lowest BCUT2D eigenvalue weighted by Crippen LogP contribution is -2.25. The first kappa shape index (κ1) is 4.50. The van der Waals surface area contributed by atoms with Gasteiger partial charge in [-0.05, 0) is 19.4 Å². The van der Waals surface area contributed by atoms with Gasteiger partial charge in [-0.1, -0.05) is 0 Å². The van der Waals surface area contributed by atoms with E-state index in [9.17, 15) is 0 Å². The van der Waals surface area contributed by atoms with Gasteiger partial charge in [0.25, 0.3) is 0 Å². The number of nitrogens with one attached hydrogen (secondary N) is 1. The fraction of sp³-hybridized carbons (Fsp3) is 0.833. The Morgan fingerprint density at radius 2 is 2.62 bits per heavy atom. The molecule has 0 bridgehead atoms. The third-order valence-electron chi connectivity index (χ3n) is 1.97. The zero-order valence-corrected chi connectivity index (χ0v) is 4.80. The molecule has 1 fully saturated rings. The molecule has 2 unspecified atom stereocenters. The SMILES string of the molecule is C1=NC2CCNC2C1. The van der Waals surface area contributed by atoms with Crippen LogP contribution in [0.5, 0.6) is 0 Å². The summed E-state index contributed by atoms with van der Waals surface area (Å²) in [6.07, 6.45) is 4.45. The van der Waals surface area contributed by atoms with E-state index >= 15 is 0 Å². The van der Waals surface area contributed by atoms with Crippen molar-refractivity contribution in [1.29, 1.82) is 0 Å². The van der Waals surface area contributed by atoms with Gasteiger partial charge in [0.15, 0.2) is 0 Å². The summed E-state index contributed by atoms with van der Waals surface area (Å²) in [6, 6.07) is 1.34. The summed E-state index contributed by atoms with van der Waals surface area (Å²) in [7, 11) is 0. The first-order valence-corrected chi connectivity index (χ1v) is 3.22. The van der Waals surface area contributed by atoms with Gasteiger partial charge in [-0.15, -0.1) is 0 Å². The Kier molecular flexibility index (Phi) is 0.875. The van der Waals surface area contributed by atoms with E-state index in [2.05, 4.69) is 10.3 Å². The molecule has 2 aliphatic rings. The van der Waals surface area contributed by atoms with Crippen LogP contribution >= 0.6 is 0 Å². The highest BCUT2D eigenvalue weighted by Gasteiger charge is 2.27. The molecule has 0 aliphatic carbocycles. The van der Waals surface area contributed by atoms with Crippen LogP contribution in [0, 0.1) is 0 Å². The van der Waals surface area contributed by atoms with Crippen molar-refractivity contribution < 1.29 is 0 Å². The molecule has 0 radical (unpaired) electrons. The Hall–Kier alpha value is -0.370. The predicted octanol–water partition coefficient (Wildman–Crippen LogP) is 0.191. The van der Waals surface area contributed by atoms with Crippen LogP contribution in [0.2, 0.25) is 0 Å². The van der Waals surface area contributed by atoms with Crippen LogP contribution < -0.4 is 5.32 Å². The van der Waals surface area contributed by atoms with Crippen molar-refractivity contribution in [3.8, 4) is 0 Å². The van der Waals surface area contributed by atoms with Gasteiger partial charge in [0.05, 0.1) is 6.04 Å². The van der Waals surface area contributed by atoms with Crippen LogP contribution in [-0.4, -0.2) is 24.8 Å². The molecule has 8 heavy (non-hydrogen) atoms. The van der Waals surface area contributed by atoms with Gasteiger partial charge in [0.2, 0.25) is 0 Å². The molecule has 0 amide bonds. The Morgan fingerprint density at radius 3 is 3.50 bits per heavy atom. The van der Waals surface area contributed by atoms with E-state index in [0.717, 1.165) is 6.42 Å². The van der Waals surface area contributed by atoms with Gasteiger partial charge < -0.3 is 5.32 Å². The zero-order chi connectivity index (χ0) is 5.40. The van der Waals surface area contributed by atoms with Crippen molar-refractivity contribution in [3.05, 3.63) is 0 Å². The van der Waals surface area contributed by atoms with Crippen molar-refractivity contribution in [2.24, 2.45) is 4.99 Å². The minimum atomic E-state index is 0.634. The maximum Gasteiger partial charge on any atom is 0.0664 e. The molecular weight excluding hydrogens is 100 g/mol. The van der Waals surface area contributed by atoms with Crippen LogP contribution in [-0.2, 0) is 0 Å². The minimum absolute atomic E-state index is 0.634. The summed E-state index contributed by atoms with van der Waals surface area (Å²) in [5.41, 5.74) is 0. The monoisotopic (exact) mass is 110 g/mol. The molecule has 1 N–H and O–H groups in total. The molecule has 1 saturated heterocycles. The van der Waals surface area contributed by atoms with Crippen LogP contribution in [0.4, 0.5) is 0 Å². The van der Waals surface area contributed by atoms with E-state index in [1.807, 2.05) is 6.21 Å². The largest absolute Gasteiger partial charge is 0.311 e. The minimum Gasteiger partial charge on any atom is -0.311 e. The van der Waals surface area contributed by atoms with Gasteiger partial charge in [-0.3, -0.25) is 4.99 Å². The highest BCUT2D eigenvalue weighted by atomic mass is 15.0. The molecule has 2 heteroatoms.